The molecule has 0 heterocycles. The van der Waals surface area contributed by atoms with Gasteiger partial charge in [0.2, 0.25) is 0 Å². The van der Waals surface area contributed by atoms with Crippen LogP contribution in [0.3, 0.4) is 0 Å². The standard InChI is InChI=1S/C17H28N2O3/c1-12(13(2)21-6)19-15-10-8-7-9-14(15)11-18-16(20)22-17(3,4)5/h7-10,12-13,19H,11H2,1-6H3,(H,18,20). The molecule has 0 saturated heterocycles. The lowest BCUT2D eigenvalue weighted by Gasteiger charge is -2.23. The molecule has 2 atom stereocenters. The van der Waals surface area contributed by atoms with E-state index >= 15 is 0 Å². The minimum absolute atomic E-state index is 0.0897. The first kappa shape index (κ1) is 18.3. The molecular formula is C17H28N2O3. The number of hydrogen-bond acceptors (Lipinski definition) is 4. The van der Waals surface area contributed by atoms with Gasteiger partial charge in [0.25, 0.3) is 0 Å². The van der Waals surface area contributed by atoms with Gasteiger partial charge in [0.05, 0.1) is 6.10 Å². The highest BCUT2D eigenvalue weighted by Gasteiger charge is 2.17. The Morgan fingerprint density at radius 3 is 2.45 bits per heavy atom. The summed E-state index contributed by atoms with van der Waals surface area (Å²) in [5, 5.41) is 6.20. The minimum Gasteiger partial charge on any atom is -0.444 e. The van der Waals surface area contributed by atoms with Crippen LogP contribution in [0.4, 0.5) is 10.5 Å². The number of carbonyl (C=O) groups excluding carboxylic acids is 1. The van der Waals surface area contributed by atoms with Gasteiger partial charge in [-0.15, -0.1) is 0 Å². The number of amides is 1. The summed E-state index contributed by atoms with van der Waals surface area (Å²) < 4.78 is 10.6. The van der Waals surface area contributed by atoms with Gasteiger partial charge in [0.1, 0.15) is 5.60 Å². The number of hydrogen-bond donors (Lipinski definition) is 2. The third-order valence-electron chi connectivity index (χ3n) is 3.30. The first-order chi connectivity index (χ1) is 10.2. The van der Waals surface area contributed by atoms with Crippen LogP contribution in [-0.2, 0) is 16.0 Å². The van der Waals surface area contributed by atoms with Crippen LogP contribution < -0.4 is 10.6 Å². The number of carbonyl (C=O) groups is 1. The molecule has 5 heteroatoms. The van der Waals surface area contributed by atoms with Crippen molar-refractivity contribution in [1.82, 2.24) is 5.32 Å². The van der Waals surface area contributed by atoms with Crippen molar-refractivity contribution in [2.45, 2.75) is 58.9 Å². The fourth-order valence-corrected chi connectivity index (χ4v) is 1.86. The first-order valence-corrected chi connectivity index (χ1v) is 7.57. The zero-order valence-electron chi connectivity index (χ0n) is 14.4. The molecule has 124 valence electrons. The molecule has 0 saturated carbocycles. The number of methoxy groups -OCH3 is 1. The van der Waals surface area contributed by atoms with E-state index in [4.69, 9.17) is 9.47 Å². The number of anilines is 1. The van der Waals surface area contributed by atoms with Crippen LogP contribution in [0, 0.1) is 0 Å². The van der Waals surface area contributed by atoms with E-state index in [-0.39, 0.29) is 12.1 Å². The van der Waals surface area contributed by atoms with Crippen LogP contribution in [0.25, 0.3) is 0 Å². The predicted octanol–water partition coefficient (Wildman–Crippen LogP) is 3.55. The van der Waals surface area contributed by atoms with Crippen LogP contribution in [0.1, 0.15) is 40.2 Å². The predicted molar refractivity (Wildman–Crippen MR) is 89.1 cm³/mol. The van der Waals surface area contributed by atoms with Gasteiger partial charge in [-0.05, 0) is 46.2 Å². The third-order valence-corrected chi connectivity index (χ3v) is 3.30. The second-order valence-electron chi connectivity index (χ2n) is 6.39. The topological polar surface area (TPSA) is 59.6 Å². The van der Waals surface area contributed by atoms with Crippen LogP contribution in [-0.4, -0.2) is 30.9 Å². The molecule has 2 unspecified atom stereocenters. The van der Waals surface area contributed by atoms with Crippen molar-refractivity contribution in [2.24, 2.45) is 0 Å². The molecule has 0 aliphatic carbocycles. The number of rotatable bonds is 6. The van der Waals surface area contributed by atoms with E-state index in [9.17, 15) is 4.79 Å². The Morgan fingerprint density at radius 2 is 1.86 bits per heavy atom. The highest BCUT2D eigenvalue weighted by Crippen LogP contribution is 2.17. The Kier molecular flexibility index (Phi) is 6.68. The number of nitrogens with one attached hydrogen (secondary N) is 2. The fourth-order valence-electron chi connectivity index (χ4n) is 1.86. The zero-order chi connectivity index (χ0) is 16.8. The largest absolute Gasteiger partial charge is 0.444 e. The van der Waals surface area contributed by atoms with E-state index in [1.54, 1.807) is 7.11 Å². The van der Waals surface area contributed by atoms with E-state index in [1.165, 1.54) is 0 Å². The van der Waals surface area contributed by atoms with Gasteiger partial charge in [-0.1, -0.05) is 18.2 Å². The molecule has 0 fully saturated rings. The van der Waals surface area contributed by atoms with Crippen LogP contribution in [0.2, 0.25) is 0 Å². The second-order valence-corrected chi connectivity index (χ2v) is 6.39. The van der Waals surface area contributed by atoms with Crippen molar-refractivity contribution >= 4 is 11.8 Å². The van der Waals surface area contributed by atoms with Crippen molar-refractivity contribution in [3.8, 4) is 0 Å². The Bertz CT molecular complexity index is 483. The fraction of sp³-hybridized carbons (Fsp3) is 0.588. The summed E-state index contributed by atoms with van der Waals surface area (Å²) >= 11 is 0. The van der Waals surface area contributed by atoms with Gasteiger partial charge in [-0.25, -0.2) is 4.79 Å². The Labute approximate surface area is 133 Å². The molecule has 0 aliphatic rings. The maximum absolute atomic E-state index is 11.7. The highest BCUT2D eigenvalue weighted by molar-refractivity contribution is 5.68. The van der Waals surface area contributed by atoms with Crippen molar-refractivity contribution in [2.75, 3.05) is 12.4 Å². The van der Waals surface area contributed by atoms with Crippen LogP contribution in [0.15, 0.2) is 24.3 Å². The molecule has 1 rings (SSSR count). The maximum atomic E-state index is 11.7. The number of benzene rings is 1. The van der Waals surface area contributed by atoms with Gasteiger partial charge in [-0.3, -0.25) is 0 Å². The smallest absolute Gasteiger partial charge is 0.407 e. The monoisotopic (exact) mass is 308 g/mol. The van der Waals surface area contributed by atoms with Gasteiger partial charge in [0.15, 0.2) is 0 Å². The van der Waals surface area contributed by atoms with Gasteiger partial charge in [0, 0.05) is 25.4 Å². The van der Waals surface area contributed by atoms with Gasteiger partial charge >= 0.3 is 6.09 Å². The molecule has 0 aliphatic heterocycles. The summed E-state index contributed by atoms with van der Waals surface area (Å²) in [5.41, 5.74) is 1.49. The maximum Gasteiger partial charge on any atom is 0.407 e. The molecule has 0 bridgehead atoms. The molecule has 22 heavy (non-hydrogen) atoms. The van der Waals surface area contributed by atoms with Gasteiger partial charge < -0.3 is 20.1 Å². The first-order valence-electron chi connectivity index (χ1n) is 7.57. The van der Waals surface area contributed by atoms with Crippen molar-refractivity contribution in [1.29, 1.82) is 0 Å². The quantitative estimate of drug-likeness (QED) is 0.844. The average molecular weight is 308 g/mol. The number of alkyl carbamates (subject to hydrolysis) is 1. The molecule has 1 aromatic carbocycles. The minimum atomic E-state index is -0.496. The molecule has 1 aromatic rings. The van der Waals surface area contributed by atoms with Crippen molar-refractivity contribution in [3.05, 3.63) is 29.8 Å². The Balaban J connectivity index is 2.66. The van der Waals surface area contributed by atoms with E-state index in [2.05, 4.69) is 17.6 Å². The molecule has 0 radical (unpaired) electrons. The average Bonchev–Trinajstić information content (AvgIpc) is 2.43. The van der Waals surface area contributed by atoms with Crippen molar-refractivity contribution < 1.29 is 14.3 Å². The molecule has 1 amide bonds. The normalized spacial score (nSPS) is 14.1. The molecular weight excluding hydrogens is 280 g/mol. The lowest BCUT2D eigenvalue weighted by atomic mass is 10.1. The lowest BCUT2D eigenvalue weighted by Crippen LogP contribution is -2.33. The van der Waals surface area contributed by atoms with Crippen LogP contribution in [0.5, 0.6) is 0 Å². The van der Waals surface area contributed by atoms with E-state index in [0.29, 0.717) is 6.54 Å². The summed E-state index contributed by atoms with van der Waals surface area (Å²) in [6.45, 7) is 10.0. The molecule has 5 nitrogen and oxygen atoms in total. The van der Waals surface area contributed by atoms with Crippen LogP contribution >= 0.6 is 0 Å². The zero-order valence-corrected chi connectivity index (χ0v) is 14.4. The highest BCUT2D eigenvalue weighted by atomic mass is 16.6. The Hall–Kier alpha value is -1.75. The second kappa shape index (κ2) is 8.03. The third kappa shape index (κ3) is 6.35. The summed E-state index contributed by atoms with van der Waals surface area (Å²) in [7, 11) is 1.69. The van der Waals surface area contributed by atoms with E-state index < -0.39 is 11.7 Å². The molecule has 2 N–H and O–H groups in total. The summed E-state index contributed by atoms with van der Waals surface area (Å²) in [4.78, 5) is 11.7. The Morgan fingerprint density at radius 1 is 1.23 bits per heavy atom. The SMILES string of the molecule is COC(C)C(C)Nc1ccccc1CNC(=O)OC(C)(C)C. The van der Waals surface area contributed by atoms with Crippen molar-refractivity contribution in [3.63, 3.8) is 0 Å². The lowest BCUT2D eigenvalue weighted by molar-refractivity contribution is 0.0523. The van der Waals surface area contributed by atoms with E-state index in [0.717, 1.165) is 11.3 Å². The van der Waals surface area contributed by atoms with E-state index in [1.807, 2.05) is 52.0 Å². The molecule has 0 spiro atoms. The number of para-hydroxylation sites is 1. The summed E-state index contributed by atoms with van der Waals surface area (Å²) in [6, 6.07) is 8.03. The summed E-state index contributed by atoms with van der Waals surface area (Å²) in [6.07, 6.45) is -0.326. The summed E-state index contributed by atoms with van der Waals surface area (Å²) in [5.74, 6) is 0. The number of ether oxygens (including phenoxy) is 2. The molecule has 0 aromatic heterocycles. The van der Waals surface area contributed by atoms with Gasteiger partial charge in [-0.2, -0.15) is 0 Å².